The Labute approximate surface area is 94.9 Å². The molecule has 0 amide bonds. The van der Waals surface area contributed by atoms with Gasteiger partial charge in [-0.1, -0.05) is 6.92 Å². The number of nitrogens with zero attached hydrogens (tertiary/aromatic N) is 2. The molecule has 1 saturated heterocycles. The fraction of sp³-hybridized carbons (Fsp3) is 0.667. The molecule has 7 heteroatoms. The van der Waals surface area contributed by atoms with Crippen molar-refractivity contribution in [3.05, 3.63) is 11.9 Å². The molecule has 1 aliphatic rings. The number of aromatic amines is 1. The maximum atomic E-state index is 12.1. The molecular weight excluding hydrogens is 228 g/mol. The van der Waals surface area contributed by atoms with Crippen molar-refractivity contribution in [2.45, 2.75) is 30.7 Å². The molecule has 0 radical (unpaired) electrons. The van der Waals surface area contributed by atoms with Crippen LogP contribution in [0.4, 0.5) is 0 Å². The Kier molecular flexibility index (Phi) is 2.56. The number of sulfonamides is 1. The van der Waals surface area contributed by atoms with Crippen LogP contribution in [0.1, 0.15) is 19.0 Å². The summed E-state index contributed by atoms with van der Waals surface area (Å²) >= 11 is 0. The van der Waals surface area contributed by atoms with E-state index in [2.05, 4.69) is 10.2 Å². The quantitative estimate of drug-likeness (QED) is 0.772. The summed E-state index contributed by atoms with van der Waals surface area (Å²) in [5.74, 6) is 0. The highest BCUT2D eigenvalue weighted by atomic mass is 32.2. The van der Waals surface area contributed by atoms with Crippen LogP contribution in [0.15, 0.2) is 11.1 Å². The molecule has 16 heavy (non-hydrogen) atoms. The SMILES string of the molecule is CCC1(N)CN(S(=O)(=O)c2cn[nH]c2C)C1. The first-order valence-electron chi connectivity index (χ1n) is 5.18. The van der Waals surface area contributed by atoms with E-state index in [-0.39, 0.29) is 10.4 Å². The predicted molar refractivity (Wildman–Crippen MR) is 59.3 cm³/mol. The van der Waals surface area contributed by atoms with E-state index in [4.69, 9.17) is 5.73 Å². The van der Waals surface area contributed by atoms with Gasteiger partial charge in [-0.2, -0.15) is 9.40 Å². The van der Waals surface area contributed by atoms with E-state index in [0.717, 1.165) is 6.42 Å². The number of hydrogen-bond donors (Lipinski definition) is 2. The monoisotopic (exact) mass is 244 g/mol. The molecule has 2 rings (SSSR count). The van der Waals surface area contributed by atoms with Gasteiger partial charge < -0.3 is 5.73 Å². The second kappa shape index (κ2) is 3.54. The van der Waals surface area contributed by atoms with Gasteiger partial charge in [0.05, 0.1) is 11.9 Å². The largest absolute Gasteiger partial charge is 0.323 e. The smallest absolute Gasteiger partial charge is 0.246 e. The summed E-state index contributed by atoms with van der Waals surface area (Å²) in [7, 11) is -3.41. The highest BCUT2D eigenvalue weighted by Crippen LogP contribution is 2.28. The van der Waals surface area contributed by atoms with Crippen molar-refractivity contribution in [1.82, 2.24) is 14.5 Å². The third-order valence-corrected chi connectivity index (χ3v) is 4.99. The first kappa shape index (κ1) is 11.6. The van der Waals surface area contributed by atoms with Crippen molar-refractivity contribution in [2.24, 2.45) is 5.73 Å². The zero-order valence-electron chi connectivity index (χ0n) is 9.40. The Morgan fingerprint density at radius 2 is 2.25 bits per heavy atom. The van der Waals surface area contributed by atoms with E-state index in [1.54, 1.807) is 6.92 Å². The standard InChI is InChI=1S/C9H16N4O2S/c1-3-9(10)5-13(6-9)16(14,15)8-4-11-12-7(8)2/h4H,3,5-6,10H2,1-2H3,(H,11,12). The van der Waals surface area contributed by atoms with Crippen LogP contribution in [-0.4, -0.2) is 41.5 Å². The summed E-state index contributed by atoms with van der Waals surface area (Å²) in [6, 6.07) is 0. The van der Waals surface area contributed by atoms with Gasteiger partial charge in [0.25, 0.3) is 0 Å². The number of aromatic nitrogens is 2. The van der Waals surface area contributed by atoms with Crippen molar-refractivity contribution in [2.75, 3.05) is 13.1 Å². The molecular formula is C9H16N4O2S. The van der Waals surface area contributed by atoms with Crippen LogP contribution in [0.2, 0.25) is 0 Å². The molecule has 0 aromatic carbocycles. The Bertz CT molecular complexity index is 487. The van der Waals surface area contributed by atoms with Crippen LogP contribution in [0.3, 0.4) is 0 Å². The Morgan fingerprint density at radius 3 is 2.69 bits per heavy atom. The molecule has 0 bridgehead atoms. The first-order valence-corrected chi connectivity index (χ1v) is 6.62. The minimum absolute atomic E-state index is 0.241. The van der Waals surface area contributed by atoms with Gasteiger partial charge in [-0.15, -0.1) is 0 Å². The molecule has 3 N–H and O–H groups in total. The molecule has 0 saturated carbocycles. The predicted octanol–water partition coefficient (Wildman–Crippen LogP) is -0.170. The lowest BCUT2D eigenvalue weighted by atomic mass is 9.91. The highest BCUT2D eigenvalue weighted by molar-refractivity contribution is 7.89. The van der Waals surface area contributed by atoms with Crippen LogP contribution in [0.5, 0.6) is 0 Å². The van der Waals surface area contributed by atoms with E-state index >= 15 is 0 Å². The number of hydrogen-bond acceptors (Lipinski definition) is 4. The van der Waals surface area contributed by atoms with E-state index in [9.17, 15) is 8.42 Å². The van der Waals surface area contributed by atoms with Gasteiger partial charge >= 0.3 is 0 Å². The molecule has 0 atom stereocenters. The van der Waals surface area contributed by atoms with Crippen molar-refractivity contribution >= 4 is 10.0 Å². The van der Waals surface area contributed by atoms with Crippen molar-refractivity contribution < 1.29 is 8.42 Å². The van der Waals surface area contributed by atoms with E-state index in [1.165, 1.54) is 10.5 Å². The number of H-pyrrole nitrogens is 1. The molecule has 1 fully saturated rings. The van der Waals surface area contributed by atoms with Gasteiger partial charge in [0.1, 0.15) is 4.90 Å². The van der Waals surface area contributed by atoms with Gasteiger partial charge in [0.15, 0.2) is 0 Å². The van der Waals surface area contributed by atoms with Gasteiger partial charge in [-0.25, -0.2) is 8.42 Å². The lowest BCUT2D eigenvalue weighted by Crippen LogP contribution is -2.68. The molecule has 0 aliphatic carbocycles. The summed E-state index contributed by atoms with van der Waals surface area (Å²) < 4.78 is 25.6. The third-order valence-electron chi connectivity index (χ3n) is 3.09. The number of nitrogens with two attached hydrogens (primary N) is 1. The maximum absolute atomic E-state index is 12.1. The van der Waals surface area contributed by atoms with Crippen LogP contribution in [0, 0.1) is 6.92 Å². The average Bonchev–Trinajstić information content (AvgIpc) is 2.60. The summed E-state index contributed by atoms with van der Waals surface area (Å²) in [5, 5.41) is 6.35. The zero-order chi connectivity index (χ0) is 12.0. The number of nitrogens with one attached hydrogen (secondary N) is 1. The second-order valence-corrected chi connectivity index (χ2v) is 6.25. The molecule has 1 aromatic rings. The molecule has 1 aromatic heterocycles. The normalized spacial score (nSPS) is 20.7. The third kappa shape index (κ3) is 1.64. The van der Waals surface area contributed by atoms with Gasteiger partial charge in [0.2, 0.25) is 10.0 Å². The summed E-state index contributed by atoms with van der Waals surface area (Å²) in [6.07, 6.45) is 2.12. The first-order chi connectivity index (χ1) is 7.39. The summed E-state index contributed by atoms with van der Waals surface area (Å²) in [5.41, 5.74) is 6.16. The van der Waals surface area contributed by atoms with E-state index < -0.39 is 10.0 Å². The van der Waals surface area contributed by atoms with E-state index in [1.807, 2.05) is 6.92 Å². The van der Waals surface area contributed by atoms with Gasteiger partial charge in [0, 0.05) is 18.6 Å². The van der Waals surface area contributed by atoms with Crippen LogP contribution < -0.4 is 5.73 Å². The summed E-state index contributed by atoms with van der Waals surface area (Å²) in [6.45, 7) is 4.43. The van der Waals surface area contributed by atoms with Gasteiger partial charge in [-0.05, 0) is 13.3 Å². The maximum Gasteiger partial charge on any atom is 0.246 e. The highest BCUT2D eigenvalue weighted by Gasteiger charge is 2.45. The van der Waals surface area contributed by atoms with Crippen LogP contribution >= 0.6 is 0 Å². The average molecular weight is 244 g/mol. The van der Waals surface area contributed by atoms with Crippen molar-refractivity contribution in [3.63, 3.8) is 0 Å². The Hall–Kier alpha value is -0.920. The fourth-order valence-corrected chi connectivity index (χ4v) is 3.54. The Balaban J connectivity index is 2.21. The van der Waals surface area contributed by atoms with Gasteiger partial charge in [-0.3, -0.25) is 5.10 Å². The topological polar surface area (TPSA) is 92.1 Å². The second-order valence-electron chi connectivity index (χ2n) is 4.35. The van der Waals surface area contributed by atoms with Crippen LogP contribution in [0.25, 0.3) is 0 Å². The van der Waals surface area contributed by atoms with E-state index in [0.29, 0.717) is 18.8 Å². The summed E-state index contributed by atoms with van der Waals surface area (Å²) in [4.78, 5) is 0.241. The minimum atomic E-state index is -3.41. The lowest BCUT2D eigenvalue weighted by molar-refractivity contribution is 0.153. The molecule has 1 aliphatic heterocycles. The zero-order valence-corrected chi connectivity index (χ0v) is 10.2. The number of aryl methyl sites for hydroxylation is 1. The fourth-order valence-electron chi connectivity index (χ4n) is 1.79. The Morgan fingerprint density at radius 1 is 1.62 bits per heavy atom. The molecule has 90 valence electrons. The minimum Gasteiger partial charge on any atom is -0.323 e. The molecule has 6 nitrogen and oxygen atoms in total. The molecule has 0 spiro atoms. The molecule has 2 heterocycles. The van der Waals surface area contributed by atoms with Crippen molar-refractivity contribution in [1.29, 1.82) is 0 Å². The molecule has 0 unspecified atom stereocenters. The number of rotatable bonds is 3. The van der Waals surface area contributed by atoms with Crippen molar-refractivity contribution in [3.8, 4) is 0 Å². The lowest BCUT2D eigenvalue weighted by Gasteiger charge is -2.46. The van der Waals surface area contributed by atoms with Crippen LogP contribution in [-0.2, 0) is 10.0 Å².